The Morgan fingerprint density at radius 3 is 2.47 bits per heavy atom. The Balaban J connectivity index is 1.51. The maximum Gasteiger partial charge on any atom is 0.293 e. The Labute approximate surface area is 212 Å². The van der Waals surface area contributed by atoms with Gasteiger partial charge < -0.3 is 9.47 Å². The van der Waals surface area contributed by atoms with Gasteiger partial charge in [-0.1, -0.05) is 65.7 Å². The van der Waals surface area contributed by atoms with Crippen LogP contribution in [0.15, 0.2) is 71.6 Å². The lowest BCUT2D eigenvalue weighted by Crippen LogP contribution is -2.27. The second-order valence-electron chi connectivity index (χ2n) is 7.42. The Morgan fingerprint density at radius 1 is 0.941 bits per heavy atom. The Hall–Kier alpha value is -2.93. The van der Waals surface area contributed by atoms with Gasteiger partial charge >= 0.3 is 0 Å². The third kappa shape index (κ3) is 5.76. The van der Waals surface area contributed by atoms with Gasteiger partial charge in [0.2, 0.25) is 0 Å². The van der Waals surface area contributed by atoms with Crippen LogP contribution in [-0.2, 0) is 17.9 Å². The van der Waals surface area contributed by atoms with Crippen LogP contribution in [0.1, 0.15) is 23.6 Å². The summed E-state index contributed by atoms with van der Waals surface area (Å²) in [5.41, 5.74) is 2.42. The van der Waals surface area contributed by atoms with Gasteiger partial charge in [0.1, 0.15) is 6.61 Å². The number of rotatable bonds is 8. The molecule has 0 radical (unpaired) electrons. The number of carbonyl (C=O) groups is 2. The van der Waals surface area contributed by atoms with Crippen LogP contribution in [0.4, 0.5) is 4.79 Å². The van der Waals surface area contributed by atoms with Crippen molar-refractivity contribution in [2.75, 3.05) is 6.61 Å². The topological polar surface area (TPSA) is 55.8 Å². The van der Waals surface area contributed by atoms with Gasteiger partial charge in [-0.05, 0) is 60.2 Å². The van der Waals surface area contributed by atoms with Gasteiger partial charge in [0.25, 0.3) is 11.1 Å². The van der Waals surface area contributed by atoms with Crippen LogP contribution in [0.2, 0.25) is 10.0 Å². The maximum absolute atomic E-state index is 12.9. The molecule has 1 heterocycles. The molecule has 0 aliphatic carbocycles. The predicted molar refractivity (Wildman–Crippen MR) is 136 cm³/mol. The molecule has 0 atom stereocenters. The molecule has 34 heavy (non-hydrogen) atoms. The van der Waals surface area contributed by atoms with E-state index in [1.54, 1.807) is 30.3 Å². The maximum atomic E-state index is 12.9. The van der Waals surface area contributed by atoms with Gasteiger partial charge in [-0.25, -0.2) is 0 Å². The molecule has 1 saturated heterocycles. The van der Waals surface area contributed by atoms with E-state index in [-0.39, 0.29) is 24.3 Å². The molecule has 0 saturated carbocycles. The van der Waals surface area contributed by atoms with Crippen LogP contribution in [0.3, 0.4) is 0 Å². The summed E-state index contributed by atoms with van der Waals surface area (Å²) in [5, 5.41) is 0.791. The molecule has 4 rings (SSSR count). The smallest absolute Gasteiger partial charge is 0.293 e. The first-order valence-electron chi connectivity index (χ1n) is 10.6. The molecule has 3 aromatic rings. The van der Waals surface area contributed by atoms with Gasteiger partial charge in [-0.2, -0.15) is 0 Å². The van der Waals surface area contributed by atoms with E-state index in [1.165, 1.54) is 4.90 Å². The zero-order chi connectivity index (χ0) is 24.1. The number of nitrogens with zero attached hydrogens (tertiary/aromatic N) is 1. The lowest BCUT2D eigenvalue weighted by atomic mass is 10.1. The highest BCUT2D eigenvalue weighted by molar-refractivity contribution is 8.18. The summed E-state index contributed by atoms with van der Waals surface area (Å²) in [5.74, 6) is 0.765. The van der Waals surface area contributed by atoms with E-state index < -0.39 is 0 Å². The molecule has 0 spiro atoms. The van der Waals surface area contributed by atoms with Crippen LogP contribution in [-0.4, -0.2) is 22.7 Å². The highest BCUT2D eigenvalue weighted by atomic mass is 35.5. The number of hydrogen-bond acceptors (Lipinski definition) is 5. The van der Waals surface area contributed by atoms with Crippen LogP contribution in [0.25, 0.3) is 6.08 Å². The summed E-state index contributed by atoms with van der Waals surface area (Å²) in [7, 11) is 0. The zero-order valence-electron chi connectivity index (χ0n) is 18.3. The minimum absolute atomic E-state index is 0.243. The number of thioether (sulfide) groups is 1. The fourth-order valence-electron chi connectivity index (χ4n) is 3.35. The van der Waals surface area contributed by atoms with E-state index in [0.717, 1.165) is 28.5 Å². The molecule has 0 bridgehead atoms. The van der Waals surface area contributed by atoms with Crippen molar-refractivity contribution in [3.8, 4) is 11.5 Å². The van der Waals surface area contributed by atoms with Crippen molar-refractivity contribution in [1.82, 2.24) is 4.90 Å². The molecule has 0 aromatic heterocycles. The van der Waals surface area contributed by atoms with Gasteiger partial charge in [-0.3, -0.25) is 14.5 Å². The third-order valence-electron chi connectivity index (χ3n) is 5.02. The van der Waals surface area contributed by atoms with Gasteiger partial charge in [0, 0.05) is 15.6 Å². The van der Waals surface area contributed by atoms with E-state index in [2.05, 4.69) is 0 Å². The molecule has 0 unspecified atom stereocenters. The highest BCUT2D eigenvalue weighted by Crippen LogP contribution is 2.36. The van der Waals surface area contributed by atoms with Crippen LogP contribution in [0.5, 0.6) is 11.5 Å². The first-order valence-corrected chi connectivity index (χ1v) is 12.1. The van der Waals surface area contributed by atoms with Crippen molar-refractivity contribution in [2.24, 2.45) is 0 Å². The minimum Gasteiger partial charge on any atom is -0.490 e. The van der Waals surface area contributed by atoms with Crippen LogP contribution < -0.4 is 9.47 Å². The fraction of sp³-hybridized carbons (Fsp3) is 0.154. The third-order valence-corrected chi connectivity index (χ3v) is 6.52. The lowest BCUT2D eigenvalue weighted by Gasteiger charge is -2.14. The van der Waals surface area contributed by atoms with Crippen molar-refractivity contribution in [2.45, 2.75) is 20.1 Å². The molecule has 1 aliphatic rings. The predicted octanol–water partition coefficient (Wildman–Crippen LogP) is 7.21. The highest BCUT2D eigenvalue weighted by Gasteiger charge is 2.35. The first-order chi connectivity index (χ1) is 16.4. The minimum atomic E-state index is -0.311. The average Bonchev–Trinajstić information content (AvgIpc) is 3.08. The Morgan fingerprint density at radius 2 is 1.74 bits per heavy atom. The summed E-state index contributed by atoms with van der Waals surface area (Å²) in [4.78, 5) is 26.9. The SMILES string of the molecule is CCOc1cc(/C=C2\SC(=O)N(Cc3ccccc3)C2=O)ccc1OCc1ccc(Cl)cc1Cl. The van der Waals surface area contributed by atoms with E-state index in [9.17, 15) is 9.59 Å². The standard InChI is InChI=1S/C26H21Cl2NO4S/c1-2-32-23-12-18(8-11-22(23)33-16-19-9-10-20(27)14-21(19)28)13-24-25(30)29(26(31)34-24)15-17-6-4-3-5-7-17/h3-14H,2,15-16H2,1H3/b24-13-. The molecule has 5 nitrogen and oxygen atoms in total. The van der Waals surface area contributed by atoms with Gasteiger partial charge in [0.15, 0.2) is 11.5 Å². The second-order valence-corrected chi connectivity index (χ2v) is 9.25. The van der Waals surface area contributed by atoms with E-state index in [0.29, 0.717) is 33.1 Å². The van der Waals surface area contributed by atoms with Gasteiger partial charge in [-0.15, -0.1) is 0 Å². The summed E-state index contributed by atoms with van der Waals surface area (Å²) in [6, 6.07) is 20.0. The molecular weight excluding hydrogens is 493 g/mol. The number of benzene rings is 3. The first kappa shape index (κ1) is 24.2. The quantitative estimate of drug-likeness (QED) is 0.298. The second kappa shape index (κ2) is 11.0. The summed E-state index contributed by atoms with van der Waals surface area (Å²) in [6.07, 6.45) is 1.69. The zero-order valence-corrected chi connectivity index (χ0v) is 20.6. The molecule has 3 aromatic carbocycles. The van der Waals surface area contributed by atoms with Crippen molar-refractivity contribution in [3.05, 3.63) is 98.4 Å². The lowest BCUT2D eigenvalue weighted by molar-refractivity contribution is -0.123. The molecule has 2 amide bonds. The van der Waals surface area contributed by atoms with E-state index in [4.69, 9.17) is 32.7 Å². The molecule has 1 aliphatic heterocycles. The van der Waals surface area contributed by atoms with E-state index in [1.807, 2.05) is 49.4 Å². The summed E-state index contributed by atoms with van der Waals surface area (Å²) < 4.78 is 11.7. The largest absolute Gasteiger partial charge is 0.490 e. The Kier molecular flexibility index (Phi) is 7.83. The number of ether oxygens (including phenoxy) is 2. The van der Waals surface area contributed by atoms with Crippen LogP contribution >= 0.6 is 35.0 Å². The number of halogens is 2. The van der Waals surface area contributed by atoms with E-state index >= 15 is 0 Å². The normalized spacial score (nSPS) is 14.7. The number of carbonyl (C=O) groups excluding carboxylic acids is 2. The fourth-order valence-corrected chi connectivity index (χ4v) is 4.65. The molecule has 1 fully saturated rings. The Bertz CT molecular complexity index is 1250. The van der Waals surface area contributed by atoms with Crippen molar-refractivity contribution in [3.63, 3.8) is 0 Å². The van der Waals surface area contributed by atoms with Crippen LogP contribution in [0, 0.1) is 0 Å². The number of imide groups is 1. The molecular formula is C26H21Cl2NO4S. The van der Waals surface area contributed by atoms with Crippen molar-refractivity contribution in [1.29, 1.82) is 0 Å². The number of hydrogen-bond donors (Lipinski definition) is 0. The summed E-state index contributed by atoms with van der Waals surface area (Å²) >= 11 is 13.1. The van der Waals surface area contributed by atoms with Gasteiger partial charge in [0.05, 0.1) is 18.1 Å². The van der Waals surface area contributed by atoms with Crippen molar-refractivity contribution < 1.29 is 19.1 Å². The monoisotopic (exact) mass is 513 g/mol. The summed E-state index contributed by atoms with van der Waals surface area (Å²) in [6.45, 7) is 2.80. The molecule has 0 N–H and O–H groups in total. The number of amides is 2. The van der Waals surface area contributed by atoms with Crippen molar-refractivity contribution >= 4 is 52.2 Å². The average molecular weight is 514 g/mol. The molecule has 174 valence electrons. The molecule has 8 heteroatoms.